The van der Waals surface area contributed by atoms with E-state index in [4.69, 9.17) is 9.47 Å². The van der Waals surface area contributed by atoms with Crippen LogP contribution in [0, 0.1) is 0 Å². The second-order valence-corrected chi connectivity index (χ2v) is 8.79. The van der Waals surface area contributed by atoms with E-state index in [0.29, 0.717) is 12.0 Å². The van der Waals surface area contributed by atoms with Gasteiger partial charge in [-0.15, -0.1) is 0 Å². The largest absolute Gasteiger partial charge is 0.462 e. The van der Waals surface area contributed by atoms with Crippen molar-refractivity contribution in [1.29, 1.82) is 0 Å². The third-order valence-electron chi connectivity index (χ3n) is 5.77. The van der Waals surface area contributed by atoms with Crippen molar-refractivity contribution >= 4 is 11.9 Å². The zero-order chi connectivity index (χ0) is 22.8. The third-order valence-corrected chi connectivity index (χ3v) is 5.77. The number of rotatable bonds is 18. The van der Waals surface area contributed by atoms with Gasteiger partial charge in [-0.25, -0.2) is 4.79 Å². The maximum atomic E-state index is 12.0. The number of esters is 2. The minimum Gasteiger partial charge on any atom is -0.462 e. The van der Waals surface area contributed by atoms with Gasteiger partial charge >= 0.3 is 11.9 Å². The van der Waals surface area contributed by atoms with Crippen LogP contribution in [0.2, 0.25) is 0 Å². The van der Waals surface area contributed by atoms with Crippen molar-refractivity contribution in [3.8, 4) is 0 Å². The number of ether oxygens (including phenoxy) is 2. The molecule has 1 N–H and O–H groups in total. The van der Waals surface area contributed by atoms with E-state index in [-0.39, 0.29) is 13.2 Å². The highest BCUT2D eigenvalue weighted by Crippen LogP contribution is 2.31. The Balaban J connectivity index is 2.04. The molecule has 5 heteroatoms. The molecule has 1 atom stereocenters. The molecule has 178 valence electrons. The van der Waals surface area contributed by atoms with Gasteiger partial charge in [0.05, 0.1) is 6.61 Å². The lowest BCUT2D eigenvalue weighted by molar-refractivity contribution is -0.164. The van der Waals surface area contributed by atoms with Crippen molar-refractivity contribution in [2.75, 3.05) is 13.2 Å². The first kappa shape index (κ1) is 27.4. The Bertz CT molecular complexity index is 566. The van der Waals surface area contributed by atoms with E-state index in [1.807, 2.05) is 6.08 Å². The third kappa shape index (κ3) is 12.7. The van der Waals surface area contributed by atoms with E-state index < -0.39 is 17.5 Å². The minimum absolute atomic E-state index is 0.102. The molecule has 0 aromatic carbocycles. The number of carbonyl (C=O) groups excluding carboxylic acids is 2. The van der Waals surface area contributed by atoms with Crippen LogP contribution >= 0.6 is 0 Å². The fourth-order valence-corrected chi connectivity index (χ4v) is 3.81. The Morgan fingerprint density at radius 1 is 0.968 bits per heavy atom. The SMILES string of the molecule is CCCCCCCCC=CCCCCCCC/C=C1/CC(CO)(COC(C)=O)OC1=O. The topological polar surface area (TPSA) is 72.8 Å². The lowest BCUT2D eigenvalue weighted by atomic mass is 9.98. The van der Waals surface area contributed by atoms with Gasteiger partial charge in [-0.05, 0) is 38.5 Å². The first-order valence-electron chi connectivity index (χ1n) is 12.3. The Labute approximate surface area is 189 Å². The highest BCUT2D eigenvalue weighted by Gasteiger charge is 2.44. The molecule has 0 aromatic heterocycles. The molecule has 0 aliphatic carbocycles. The zero-order valence-corrected chi connectivity index (χ0v) is 19.8. The summed E-state index contributed by atoms with van der Waals surface area (Å²) in [7, 11) is 0. The highest BCUT2D eigenvalue weighted by atomic mass is 16.6. The maximum absolute atomic E-state index is 12.0. The second kappa shape index (κ2) is 17.0. The number of aliphatic hydroxyl groups excluding tert-OH is 1. The molecular weight excluding hydrogens is 392 g/mol. The number of unbranched alkanes of at least 4 members (excludes halogenated alkanes) is 12. The van der Waals surface area contributed by atoms with Gasteiger partial charge in [0.25, 0.3) is 0 Å². The normalized spacial score (nSPS) is 20.0. The summed E-state index contributed by atoms with van der Waals surface area (Å²) in [6, 6.07) is 0. The summed E-state index contributed by atoms with van der Waals surface area (Å²) < 4.78 is 10.2. The molecule has 1 aliphatic heterocycles. The van der Waals surface area contributed by atoms with Crippen LogP contribution in [0.4, 0.5) is 0 Å². The van der Waals surface area contributed by atoms with E-state index in [9.17, 15) is 14.7 Å². The van der Waals surface area contributed by atoms with Crippen LogP contribution in [-0.4, -0.2) is 35.9 Å². The Kier molecular flexibility index (Phi) is 15.0. The summed E-state index contributed by atoms with van der Waals surface area (Å²) in [4.78, 5) is 23.0. The number of hydrogen-bond donors (Lipinski definition) is 1. The minimum atomic E-state index is -1.11. The molecule has 0 bridgehead atoms. The fourth-order valence-electron chi connectivity index (χ4n) is 3.81. The van der Waals surface area contributed by atoms with Crippen molar-refractivity contribution < 1.29 is 24.2 Å². The molecule has 1 heterocycles. The first-order valence-corrected chi connectivity index (χ1v) is 12.3. The predicted octanol–water partition coefficient (Wildman–Crippen LogP) is 6.19. The molecule has 0 radical (unpaired) electrons. The molecule has 1 aliphatic rings. The van der Waals surface area contributed by atoms with Crippen LogP contribution in [-0.2, 0) is 19.1 Å². The quantitative estimate of drug-likeness (QED) is 0.120. The average molecular weight is 437 g/mol. The van der Waals surface area contributed by atoms with E-state index in [2.05, 4.69) is 19.1 Å². The predicted molar refractivity (Wildman–Crippen MR) is 125 cm³/mol. The van der Waals surface area contributed by atoms with Gasteiger partial charge in [0, 0.05) is 18.9 Å². The second-order valence-electron chi connectivity index (χ2n) is 8.79. The summed E-state index contributed by atoms with van der Waals surface area (Å²) in [6.07, 6.45) is 24.2. The Morgan fingerprint density at radius 2 is 1.52 bits per heavy atom. The smallest absolute Gasteiger partial charge is 0.334 e. The number of cyclic esters (lactones) is 1. The molecule has 0 spiro atoms. The number of aliphatic hydroxyl groups is 1. The van der Waals surface area contributed by atoms with Crippen LogP contribution in [0.15, 0.2) is 23.8 Å². The molecule has 1 rings (SSSR count). The zero-order valence-electron chi connectivity index (χ0n) is 19.8. The van der Waals surface area contributed by atoms with Crippen molar-refractivity contribution in [3.63, 3.8) is 0 Å². The molecule has 1 saturated heterocycles. The van der Waals surface area contributed by atoms with E-state index in [1.54, 1.807) is 0 Å². The van der Waals surface area contributed by atoms with Gasteiger partial charge in [-0.2, -0.15) is 0 Å². The molecule has 1 unspecified atom stereocenters. The van der Waals surface area contributed by atoms with Crippen molar-refractivity contribution in [2.24, 2.45) is 0 Å². The van der Waals surface area contributed by atoms with Crippen LogP contribution < -0.4 is 0 Å². The summed E-state index contributed by atoms with van der Waals surface area (Å²) >= 11 is 0. The van der Waals surface area contributed by atoms with Gasteiger partial charge in [0.2, 0.25) is 0 Å². The Morgan fingerprint density at radius 3 is 2.06 bits per heavy atom. The summed E-state index contributed by atoms with van der Waals surface area (Å²) in [5.41, 5.74) is -0.534. The Hall–Kier alpha value is -1.62. The molecule has 0 aromatic rings. The van der Waals surface area contributed by atoms with Crippen molar-refractivity contribution in [2.45, 2.75) is 116 Å². The summed E-state index contributed by atoms with van der Waals surface area (Å²) in [5.74, 6) is -0.858. The summed E-state index contributed by atoms with van der Waals surface area (Å²) in [5, 5.41) is 9.58. The molecular formula is C26H44O5. The fraction of sp³-hybridized carbons (Fsp3) is 0.769. The van der Waals surface area contributed by atoms with Crippen LogP contribution in [0.25, 0.3) is 0 Å². The maximum Gasteiger partial charge on any atom is 0.334 e. The van der Waals surface area contributed by atoms with Gasteiger partial charge < -0.3 is 14.6 Å². The lowest BCUT2D eigenvalue weighted by Gasteiger charge is -2.23. The molecule has 0 amide bonds. The van der Waals surface area contributed by atoms with E-state index in [0.717, 1.165) is 19.3 Å². The number of carbonyl (C=O) groups is 2. The van der Waals surface area contributed by atoms with Crippen LogP contribution in [0.5, 0.6) is 0 Å². The van der Waals surface area contributed by atoms with Gasteiger partial charge in [0.15, 0.2) is 5.60 Å². The highest BCUT2D eigenvalue weighted by molar-refractivity contribution is 5.91. The van der Waals surface area contributed by atoms with E-state index >= 15 is 0 Å². The van der Waals surface area contributed by atoms with Gasteiger partial charge in [0.1, 0.15) is 6.61 Å². The molecule has 0 saturated carbocycles. The first-order chi connectivity index (χ1) is 15.0. The van der Waals surface area contributed by atoms with Gasteiger partial charge in [-0.1, -0.05) is 76.5 Å². The number of hydrogen-bond acceptors (Lipinski definition) is 5. The number of allylic oxidation sites excluding steroid dienone is 3. The van der Waals surface area contributed by atoms with Crippen molar-refractivity contribution in [3.05, 3.63) is 23.8 Å². The summed E-state index contributed by atoms with van der Waals surface area (Å²) in [6.45, 7) is 3.10. The monoisotopic (exact) mass is 436 g/mol. The van der Waals surface area contributed by atoms with E-state index in [1.165, 1.54) is 77.6 Å². The average Bonchev–Trinajstić information content (AvgIpc) is 3.08. The van der Waals surface area contributed by atoms with Crippen LogP contribution in [0.3, 0.4) is 0 Å². The molecule has 31 heavy (non-hydrogen) atoms. The van der Waals surface area contributed by atoms with Crippen LogP contribution in [0.1, 0.15) is 110 Å². The lowest BCUT2D eigenvalue weighted by Crippen LogP contribution is -2.39. The van der Waals surface area contributed by atoms with Crippen molar-refractivity contribution in [1.82, 2.24) is 0 Å². The molecule has 1 fully saturated rings. The molecule has 5 nitrogen and oxygen atoms in total. The van der Waals surface area contributed by atoms with Gasteiger partial charge in [-0.3, -0.25) is 4.79 Å². The standard InChI is InChI=1S/C26H44O5/c1-3-4-5-6-7-8-9-10-11-12-13-14-15-16-17-18-19-24-20-26(21-27,31-25(24)29)22-30-23(2)28/h10-11,19,27H,3-9,12-18,20-22H2,1-2H3/b11-10?,24-19-.